The lowest BCUT2D eigenvalue weighted by Gasteiger charge is -2.18. The molecule has 1 amide bonds. The molecule has 6 heteroatoms. The molecule has 0 radical (unpaired) electrons. The van der Waals surface area contributed by atoms with Crippen molar-refractivity contribution in [1.82, 2.24) is 10.3 Å². The van der Waals surface area contributed by atoms with Gasteiger partial charge in [-0.1, -0.05) is 0 Å². The van der Waals surface area contributed by atoms with Crippen LogP contribution in [0.2, 0.25) is 0 Å². The van der Waals surface area contributed by atoms with Crippen molar-refractivity contribution in [2.24, 2.45) is 5.92 Å². The third kappa shape index (κ3) is 3.84. The molecule has 1 aliphatic heterocycles. The van der Waals surface area contributed by atoms with Gasteiger partial charge in [0, 0.05) is 30.4 Å². The number of nitrogens with one attached hydrogen (secondary N) is 1. The molecule has 3 heterocycles. The van der Waals surface area contributed by atoms with Crippen LogP contribution in [-0.4, -0.2) is 30.1 Å². The number of hydrogen-bond donors (Lipinski definition) is 1. The largest absolute Gasteiger partial charge is 0.456 e. The van der Waals surface area contributed by atoms with Crippen LogP contribution in [0.4, 0.5) is 0 Å². The van der Waals surface area contributed by atoms with E-state index >= 15 is 0 Å². The Kier molecular flexibility index (Phi) is 4.52. The zero-order valence-corrected chi connectivity index (χ0v) is 12.8. The number of amides is 1. The Balaban J connectivity index is 1.68. The molecule has 3 rings (SSSR count). The fraction of sp³-hybridized carbons (Fsp3) is 0.353. The molecule has 1 saturated heterocycles. The lowest BCUT2D eigenvalue weighted by atomic mass is 9.95. The minimum Gasteiger partial charge on any atom is -0.456 e. The van der Waals surface area contributed by atoms with Gasteiger partial charge in [0.1, 0.15) is 5.76 Å². The van der Waals surface area contributed by atoms with Gasteiger partial charge in [0.25, 0.3) is 5.91 Å². The average Bonchev–Trinajstić information content (AvgIpc) is 2.94. The van der Waals surface area contributed by atoms with Crippen LogP contribution in [0, 0.1) is 12.8 Å². The molecule has 0 spiro atoms. The molecular formula is C17H18N2O4. The van der Waals surface area contributed by atoms with Crippen LogP contribution in [0.25, 0.3) is 0 Å². The molecule has 2 atom stereocenters. The number of hydrogen-bond acceptors (Lipinski definition) is 5. The van der Waals surface area contributed by atoms with Gasteiger partial charge in [0.15, 0.2) is 11.2 Å². The van der Waals surface area contributed by atoms with Gasteiger partial charge in [-0.25, -0.2) is 0 Å². The summed E-state index contributed by atoms with van der Waals surface area (Å²) in [4.78, 5) is 27.8. The topological polar surface area (TPSA) is 81.4 Å². The molecule has 0 unspecified atom stereocenters. The Labute approximate surface area is 133 Å². The van der Waals surface area contributed by atoms with E-state index in [4.69, 9.17) is 9.15 Å². The predicted molar refractivity (Wildman–Crippen MR) is 83.2 cm³/mol. The zero-order valence-electron chi connectivity index (χ0n) is 12.8. The van der Waals surface area contributed by atoms with Crippen molar-refractivity contribution in [2.75, 3.05) is 13.2 Å². The first-order chi connectivity index (χ1) is 11.1. The van der Waals surface area contributed by atoms with Crippen LogP contribution < -0.4 is 10.7 Å². The fourth-order valence-electron chi connectivity index (χ4n) is 2.74. The second-order valence-corrected chi connectivity index (χ2v) is 5.71. The normalized spacial score (nSPS) is 20.4. The Hall–Kier alpha value is -2.47. The minimum absolute atomic E-state index is 0.0320. The Morgan fingerprint density at radius 1 is 1.30 bits per heavy atom. The van der Waals surface area contributed by atoms with Crippen molar-refractivity contribution >= 4 is 5.91 Å². The fourth-order valence-corrected chi connectivity index (χ4v) is 2.74. The quantitative estimate of drug-likeness (QED) is 0.921. The highest BCUT2D eigenvalue weighted by atomic mass is 16.5. The summed E-state index contributed by atoms with van der Waals surface area (Å²) in [6, 6.07) is 6.35. The first kappa shape index (κ1) is 15.4. The first-order valence-corrected chi connectivity index (χ1v) is 7.51. The van der Waals surface area contributed by atoms with E-state index < -0.39 is 0 Å². The van der Waals surface area contributed by atoms with E-state index in [2.05, 4.69) is 10.3 Å². The molecule has 23 heavy (non-hydrogen) atoms. The molecule has 2 aromatic rings. The van der Waals surface area contributed by atoms with E-state index in [0.29, 0.717) is 19.0 Å². The van der Waals surface area contributed by atoms with E-state index in [1.165, 1.54) is 12.1 Å². The third-order valence-electron chi connectivity index (χ3n) is 3.88. The molecule has 1 N–H and O–H groups in total. The van der Waals surface area contributed by atoms with E-state index in [0.717, 1.165) is 12.0 Å². The Morgan fingerprint density at radius 3 is 2.83 bits per heavy atom. The van der Waals surface area contributed by atoms with Crippen molar-refractivity contribution in [3.8, 4) is 0 Å². The molecule has 0 aliphatic carbocycles. The molecule has 1 aliphatic rings. The number of carbonyl (C=O) groups is 1. The van der Waals surface area contributed by atoms with Crippen LogP contribution >= 0.6 is 0 Å². The highest BCUT2D eigenvalue weighted by Gasteiger charge is 2.30. The van der Waals surface area contributed by atoms with Gasteiger partial charge >= 0.3 is 0 Å². The maximum Gasteiger partial charge on any atom is 0.287 e. The Bertz CT molecular complexity index is 742. The van der Waals surface area contributed by atoms with Crippen LogP contribution in [0.3, 0.4) is 0 Å². The van der Waals surface area contributed by atoms with Crippen molar-refractivity contribution in [3.63, 3.8) is 0 Å². The summed E-state index contributed by atoms with van der Waals surface area (Å²) in [5, 5.41) is 2.91. The summed E-state index contributed by atoms with van der Waals surface area (Å²) >= 11 is 0. The number of aromatic nitrogens is 1. The first-order valence-electron chi connectivity index (χ1n) is 7.51. The van der Waals surface area contributed by atoms with Crippen LogP contribution in [-0.2, 0) is 11.2 Å². The van der Waals surface area contributed by atoms with Gasteiger partial charge < -0.3 is 14.5 Å². The van der Waals surface area contributed by atoms with Crippen LogP contribution in [0.15, 0.2) is 45.9 Å². The van der Waals surface area contributed by atoms with Crippen LogP contribution in [0.1, 0.15) is 21.9 Å². The highest BCUT2D eigenvalue weighted by molar-refractivity contribution is 5.91. The molecule has 1 fully saturated rings. The van der Waals surface area contributed by atoms with Crippen molar-refractivity contribution in [1.29, 1.82) is 0 Å². The monoisotopic (exact) mass is 314 g/mol. The van der Waals surface area contributed by atoms with Crippen molar-refractivity contribution in [2.45, 2.75) is 19.4 Å². The number of ether oxygens (including phenoxy) is 1. The van der Waals surface area contributed by atoms with Crippen molar-refractivity contribution in [3.05, 3.63) is 64.0 Å². The summed E-state index contributed by atoms with van der Waals surface area (Å²) < 4.78 is 10.8. The van der Waals surface area contributed by atoms with Gasteiger partial charge in [0.05, 0.1) is 19.3 Å². The molecule has 6 nitrogen and oxygen atoms in total. The summed E-state index contributed by atoms with van der Waals surface area (Å²) in [7, 11) is 0. The lowest BCUT2D eigenvalue weighted by Crippen LogP contribution is -2.40. The number of rotatable bonds is 4. The van der Waals surface area contributed by atoms with Gasteiger partial charge in [-0.2, -0.15) is 0 Å². The smallest absolute Gasteiger partial charge is 0.287 e. The summed E-state index contributed by atoms with van der Waals surface area (Å²) in [6.07, 6.45) is 4.30. The minimum atomic E-state index is -0.388. The second kappa shape index (κ2) is 6.75. The van der Waals surface area contributed by atoms with E-state index in [-0.39, 0.29) is 29.1 Å². The maximum atomic E-state index is 12.3. The molecule has 0 saturated carbocycles. The molecule has 0 bridgehead atoms. The number of pyridine rings is 1. The number of carbonyl (C=O) groups excluding carboxylic acids is 1. The Morgan fingerprint density at radius 2 is 2.09 bits per heavy atom. The zero-order chi connectivity index (χ0) is 16.2. The van der Waals surface area contributed by atoms with E-state index in [1.807, 2.05) is 12.1 Å². The standard InChI is InChI=1S/C17H18N2O4/c1-11-6-14(20)8-16(23-11)17(21)19-15-10-22-9-13(15)7-12-2-4-18-5-3-12/h2-6,8,13,15H,7,9-10H2,1H3,(H,19,21)/t13-,15+/m1/s1. The van der Waals surface area contributed by atoms with Gasteiger partial charge in [-0.05, 0) is 31.0 Å². The third-order valence-corrected chi connectivity index (χ3v) is 3.88. The van der Waals surface area contributed by atoms with Gasteiger partial charge in [0.2, 0.25) is 0 Å². The SMILES string of the molecule is Cc1cc(=O)cc(C(=O)N[C@H]2COC[C@H]2Cc2ccncc2)o1. The maximum absolute atomic E-state index is 12.3. The number of nitrogens with zero attached hydrogens (tertiary/aromatic N) is 1. The highest BCUT2D eigenvalue weighted by Crippen LogP contribution is 2.19. The average molecular weight is 314 g/mol. The predicted octanol–water partition coefficient (Wildman–Crippen LogP) is 1.33. The van der Waals surface area contributed by atoms with Crippen LogP contribution in [0.5, 0.6) is 0 Å². The lowest BCUT2D eigenvalue weighted by molar-refractivity contribution is 0.0893. The van der Waals surface area contributed by atoms with Crippen molar-refractivity contribution < 1.29 is 13.9 Å². The molecular weight excluding hydrogens is 296 g/mol. The molecule has 2 aromatic heterocycles. The second-order valence-electron chi connectivity index (χ2n) is 5.71. The van der Waals surface area contributed by atoms with E-state index in [9.17, 15) is 9.59 Å². The molecule has 120 valence electrons. The summed E-state index contributed by atoms with van der Waals surface area (Å²) in [5.41, 5.74) is 0.909. The van der Waals surface area contributed by atoms with Gasteiger partial charge in [-0.15, -0.1) is 0 Å². The molecule has 0 aromatic carbocycles. The summed E-state index contributed by atoms with van der Waals surface area (Å²) in [5.74, 6) is 0.238. The number of aryl methyl sites for hydroxylation is 1. The van der Waals surface area contributed by atoms with Gasteiger partial charge in [-0.3, -0.25) is 14.6 Å². The summed E-state index contributed by atoms with van der Waals surface area (Å²) in [6.45, 7) is 2.69. The van der Waals surface area contributed by atoms with E-state index in [1.54, 1.807) is 19.3 Å².